The molecule has 2 N–H and O–H groups in total. The highest BCUT2D eigenvalue weighted by Gasteiger charge is 2.31. The Labute approximate surface area is 123 Å². The molecule has 6 nitrogen and oxygen atoms in total. The van der Waals surface area contributed by atoms with Gasteiger partial charge in [-0.05, 0) is 49.7 Å². The van der Waals surface area contributed by atoms with Crippen LogP contribution in [0.3, 0.4) is 0 Å². The number of amides is 2. The van der Waals surface area contributed by atoms with Crippen LogP contribution in [0.5, 0.6) is 0 Å². The molecule has 0 radical (unpaired) electrons. The lowest BCUT2D eigenvalue weighted by atomic mass is 10.3. The van der Waals surface area contributed by atoms with Crippen molar-refractivity contribution in [3.63, 3.8) is 0 Å². The van der Waals surface area contributed by atoms with Gasteiger partial charge in [0.1, 0.15) is 5.69 Å². The van der Waals surface area contributed by atoms with E-state index in [1.54, 1.807) is 6.07 Å². The molecule has 3 rings (SSSR count). The lowest BCUT2D eigenvalue weighted by molar-refractivity contribution is 0.0690. The number of aromatic carboxylic acids is 1. The molecular weight excluding hydrogens is 270 g/mol. The molecule has 0 bridgehead atoms. The van der Waals surface area contributed by atoms with E-state index in [2.05, 4.69) is 10.3 Å². The number of carboxylic acids is 1. The van der Waals surface area contributed by atoms with Gasteiger partial charge in [0.25, 0.3) is 0 Å². The molecule has 1 aromatic rings. The first-order chi connectivity index (χ1) is 10.1. The predicted octanol–water partition coefficient (Wildman–Crippen LogP) is 2.43. The molecule has 0 saturated heterocycles. The van der Waals surface area contributed by atoms with Gasteiger partial charge in [-0.1, -0.05) is 0 Å². The number of anilines is 1. The van der Waals surface area contributed by atoms with Crippen LogP contribution >= 0.6 is 0 Å². The SMILES string of the molecule is O=C(O)c1ccc(NC(=O)N(CC2CC2)CC2CC2)cn1. The Morgan fingerprint density at radius 1 is 1.19 bits per heavy atom. The fraction of sp³-hybridized carbons (Fsp3) is 0.533. The second-order valence-corrected chi connectivity index (χ2v) is 5.96. The second-order valence-electron chi connectivity index (χ2n) is 5.96. The summed E-state index contributed by atoms with van der Waals surface area (Å²) in [5.41, 5.74) is 0.502. The second kappa shape index (κ2) is 5.71. The van der Waals surface area contributed by atoms with Crippen LogP contribution in [-0.4, -0.2) is 40.1 Å². The summed E-state index contributed by atoms with van der Waals surface area (Å²) in [4.78, 5) is 28.8. The third-order valence-electron chi connectivity index (χ3n) is 3.87. The minimum atomic E-state index is -1.07. The van der Waals surface area contributed by atoms with E-state index in [1.165, 1.54) is 37.9 Å². The maximum atomic E-state index is 12.3. The zero-order valence-electron chi connectivity index (χ0n) is 11.8. The van der Waals surface area contributed by atoms with Crippen molar-refractivity contribution >= 4 is 17.7 Å². The zero-order chi connectivity index (χ0) is 14.8. The molecule has 2 aliphatic rings. The van der Waals surface area contributed by atoms with E-state index in [-0.39, 0.29) is 11.7 Å². The predicted molar refractivity (Wildman–Crippen MR) is 77.2 cm³/mol. The molecule has 0 aromatic carbocycles. The largest absolute Gasteiger partial charge is 0.477 e. The van der Waals surface area contributed by atoms with Crippen molar-refractivity contribution in [3.8, 4) is 0 Å². The normalized spacial score (nSPS) is 17.3. The molecule has 2 aliphatic carbocycles. The van der Waals surface area contributed by atoms with Crippen molar-refractivity contribution < 1.29 is 14.7 Å². The Morgan fingerprint density at radius 2 is 1.81 bits per heavy atom. The van der Waals surface area contributed by atoms with E-state index in [0.717, 1.165) is 13.1 Å². The Balaban J connectivity index is 1.60. The maximum Gasteiger partial charge on any atom is 0.354 e. The van der Waals surface area contributed by atoms with E-state index in [1.807, 2.05) is 4.90 Å². The third kappa shape index (κ3) is 3.93. The van der Waals surface area contributed by atoms with Crippen LogP contribution in [0.2, 0.25) is 0 Å². The average Bonchev–Trinajstić information content (AvgIpc) is 3.34. The van der Waals surface area contributed by atoms with Gasteiger partial charge in [0.05, 0.1) is 11.9 Å². The first-order valence-electron chi connectivity index (χ1n) is 7.37. The van der Waals surface area contributed by atoms with Gasteiger partial charge in [-0.25, -0.2) is 14.6 Å². The zero-order valence-corrected chi connectivity index (χ0v) is 11.8. The van der Waals surface area contributed by atoms with Gasteiger partial charge in [-0.2, -0.15) is 0 Å². The van der Waals surface area contributed by atoms with Crippen LogP contribution < -0.4 is 5.32 Å². The van der Waals surface area contributed by atoms with Crippen molar-refractivity contribution in [2.75, 3.05) is 18.4 Å². The third-order valence-corrected chi connectivity index (χ3v) is 3.87. The molecule has 0 aliphatic heterocycles. The number of pyridine rings is 1. The summed E-state index contributed by atoms with van der Waals surface area (Å²) >= 11 is 0. The van der Waals surface area contributed by atoms with E-state index >= 15 is 0 Å². The summed E-state index contributed by atoms with van der Waals surface area (Å²) in [5.74, 6) is 0.237. The van der Waals surface area contributed by atoms with E-state index in [0.29, 0.717) is 17.5 Å². The Morgan fingerprint density at radius 3 is 2.24 bits per heavy atom. The number of rotatable bonds is 6. The quantitative estimate of drug-likeness (QED) is 0.842. The highest BCUT2D eigenvalue weighted by molar-refractivity contribution is 5.90. The molecule has 1 heterocycles. The van der Waals surface area contributed by atoms with Crippen molar-refractivity contribution in [3.05, 3.63) is 24.0 Å². The number of nitrogens with zero attached hydrogens (tertiary/aromatic N) is 2. The molecule has 2 saturated carbocycles. The summed E-state index contributed by atoms with van der Waals surface area (Å²) in [5, 5.41) is 11.6. The summed E-state index contributed by atoms with van der Waals surface area (Å²) < 4.78 is 0. The first-order valence-corrected chi connectivity index (χ1v) is 7.37. The number of nitrogens with one attached hydrogen (secondary N) is 1. The highest BCUT2D eigenvalue weighted by Crippen LogP contribution is 2.33. The lowest BCUT2D eigenvalue weighted by Gasteiger charge is -2.23. The molecule has 6 heteroatoms. The summed E-state index contributed by atoms with van der Waals surface area (Å²) in [7, 11) is 0. The van der Waals surface area contributed by atoms with Gasteiger partial charge in [0, 0.05) is 13.1 Å². The number of carboxylic acid groups (broad SMARTS) is 1. The molecule has 21 heavy (non-hydrogen) atoms. The van der Waals surface area contributed by atoms with Crippen molar-refractivity contribution in [1.82, 2.24) is 9.88 Å². The van der Waals surface area contributed by atoms with Gasteiger partial charge in [0.15, 0.2) is 0 Å². The Hall–Kier alpha value is -2.11. The van der Waals surface area contributed by atoms with Crippen molar-refractivity contribution in [1.29, 1.82) is 0 Å². The first kappa shape index (κ1) is 13.9. The van der Waals surface area contributed by atoms with Crippen LogP contribution in [-0.2, 0) is 0 Å². The van der Waals surface area contributed by atoms with Crippen LogP contribution in [0.4, 0.5) is 10.5 Å². The van der Waals surface area contributed by atoms with E-state index in [4.69, 9.17) is 5.11 Å². The topological polar surface area (TPSA) is 82.5 Å². The van der Waals surface area contributed by atoms with Gasteiger partial charge in [-0.3, -0.25) is 0 Å². The lowest BCUT2D eigenvalue weighted by Crippen LogP contribution is -2.38. The molecule has 2 fully saturated rings. The van der Waals surface area contributed by atoms with Crippen LogP contribution in [0, 0.1) is 11.8 Å². The molecular formula is C15H19N3O3. The monoisotopic (exact) mass is 289 g/mol. The van der Waals surface area contributed by atoms with Gasteiger partial charge in [0.2, 0.25) is 0 Å². The van der Waals surface area contributed by atoms with Crippen LogP contribution in [0.25, 0.3) is 0 Å². The maximum absolute atomic E-state index is 12.3. The minimum Gasteiger partial charge on any atom is -0.477 e. The molecule has 112 valence electrons. The number of aromatic nitrogens is 1. The number of hydrogen-bond donors (Lipinski definition) is 2. The minimum absolute atomic E-state index is 0.0270. The Bertz CT molecular complexity index is 522. The standard InChI is InChI=1S/C15H19N3O3/c19-14(20)13-6-5-12(7-16-13)17-15(21)18(8-10-1-2-10)9-11-3-4-11/h5-7,10-11H,1-4,8-9H2,(H,17,21)(H,19,20). The fourth-order valence-electron chi connectivity index (χ4n) is 2.26. The summed E-state index contributed by atoms with van der Waals surface area (Å²) in [6.07, 6.45) is 6.23. The molecule has 0 atom stereocenters. The number of carbonyl (C=O) groups is 2. The van der Waals surface area contributed by atoms with Crippen molar-refractivity contribution in [2.45, 2.75) is 25.7 Å². The Kier molecular flexibility index (Phi) is 3.77. The van der Waals surface area contributed by atoms with Gasteiger partial charge in [-0.15, -0.1) is 0 Å². The molecule has 2 amide bonds. The fourth-order valence-corrected chi connectivity index (χ4v) is 2.26. The molecule has 0 spiro atoms. The van der Waals surface area contributed by atoms with Crippen LogP contribution in [0.15, 0.2) is 18.3 Å². The van der Waals surface area contributed by atoms with E-state index < -0.39 is 5.97 Å². The number of carbonyl (C=O) groups excluding carboxylic acids is 1. The molecule has 0 unspecified atom stereocenters. The van der Waals surface area contributed by atoms with E-state index in [9.17, 15) is 9.59 Å². The number of hydrogen-bond acceptors (Lipinski definition) is 3. The highest BCUT2D eigenvalue weighted by atomic mass is 16.4. The van der Waals surface area contributed by atoms with Gasteiger partial charge < -0.3 is 15.3 Å². The molecule has 1 aromatic heterocycles. The summed E-state index contributed by atoms with van der Waals surface area (Å²) in [6.45, 7) is 1.64. The smallest absolute Gasteiger partial charge is 0.354 e. The average molecular weight is 289 g/mol. The summed E-state index contributed by atoms with van der Waals surface area (Å²) in [6, 6.07) is 2.85. The number of urea groups is 1. The van der Waals surface area contributed by atoms with Crippen LogP contribution in [0.1, 0.15) is 36.2 Å². The van der Waals surface area contributed by atoms with Crippen molar-refractivity contribution in [2.24, 2.45) is 11.8 Å². The van der Waals surface area contributed by atoms with Gasteiger partial charge >= 0.3 is 12.0 Å².